The summed E-state index contributed by atoms with van der Waals surface area (Å²) >= 11 is 3.49. The molecule has 0 aliphatic carbocycles. The largest absolute Gasteiger partial charge is 0.366 e. The smallest absolute Gasteiger partial charge is 0.250 e. The lowest BCUT2D eigenvalue weighted by molar-refractivity contribution is -0.134. The van der Waals surface area contributed by atoms with Crippen molar-refractivity contribution in [2.45, 2.75) is 12.5 Å². The van der Waals surface area contributed by atoms with E-state index in [4.69, 9.17) is 4.74 Å². The van der Waals surface area contributed by atoms with E-state index in [-0.39, 0.29) is 12.0 Å². The number of nitrogens with one attached hydrogen (secondary N) is 2. The number of amides is 1. The van der Waals surface area contributed by atoms with Gasteiger partial charge in [0.25, 0.3) is 0 Å². The van der Waals surface area contributed by atoms with Gasteiger partial charge < -0.3 is 15.4 Å². The summed E-state index contributed by atoms with van der Waals surface area (Å²) in [5, 5.41) is 6.04. The summed E-state index contributed by atoms with van der Waals surface area (Å²) in [6.45, 7) is 2.64. The molecule has 1 heterocycles. The first kappa shape index (κ1) is 13.5. The molecule has 0 saturated carbocycles. The average Bonchev–Trinajstić information content (AvgIpc) is 2.42. The topological polar surface area (TPSA) is 50.4 Å². The summed E-state index contributed by atoms with van der Waals surface area (Å²) in [6, 6.07) is 8.03. The Morgan fingerprint density at radius 3 is 3.06 bits per heavy atom. The molecule has 1 aromatic carbocycles. The molecule has 1 fully saturated rings. The monoisotopic (exact) mass is 312 g/mol. The molecule has 18 heavy (non-hydrogen) atoms. The number of hydrogen-bond acceptors (Lipinski definition) is 3. The van der Waals surface area contributed by atoms with Crippen molar-refractivity contribution in [3.8, 4) is 0 Å². The molecule has 1 unspecified atom stereocenters. The lowest BCUT2D eigenvalue weighted by Gasteiger charge is -2.22. The molecule has 0 spiro atoms. The molecular formula is C13H17BrN2O2. The maximum absolute atomic E-state index is 11.8. The number of carbonyl (C=O) groups excluding carboxylic acids is 1. The van der Waals surface area contributed by atoms with Gasteiger partial charge in [0.05, 0.1) is 6.61 Å². The zero-order valence-corrected chi connectivity index (χ0v) is 11.7. The number of morpholine rings is 1. The van der Waals surface area contributed by atoms with Crippen LogP contribution >= 0.6 is 15.9 Å². The van der Waals surface area contributed by atoms with Gasteiger partial charge in [-0.3, -0.25) is 4.79 Å². The quantitative estimate of drug-likeness (QED) is 0.875. The van der Waals surface area contributed by atoms with Gasteiger partial charge in [0.1, 0.15) is 6.10 Å². The van der Waals surface area contributed by atoms with Crippen LogP contribution < -0.4 is 10.6 Å². The first-order valence-corrected chi connectivity index (χ1v) is 6.90. The van der Waals surface area contributed by atoms with Crippen molar-refractivity contribution in [3.05, 3.63) is 34.3 Å². The second-order valence-corrected chi connectivity index (χ2v) is 5.05. The van der Waals surface area contributed by atoms with E-state index >= 15 is 0 Å². The van der Waals surface area contributed by atoms with E-state index in [2.05, 4.69) is 32.6 Å². The second kappa shape index (κ2) is 6.87. The highest BCUT2D eigenvalue weighted by atomic mass is 79.9. The molecule has 1 amide bonds. The Hall–Kier alpha value is -0.910. The number of carbonyl (C=O) groups is 1. The van der Waals surface area contributed by atoms with E-state index in [1.165, 1.54) is 5.56 Å². The Morgan fingerprint density at radius 2 is 2.33 bits per heavy atom. The Morgan fingerprint density at radius 1 is 1.50 bits per heavy atom. The normalized spacial score (nSPS) is 19.5. The molecular weight excluding hydrogens is 296 g/mol. The van der Waals surface area contributed by atoms with E-state index in [0.29, 0.717) is 19.7 Å². The highest BCUT2D eigenvalue weighted by Gasteiger charge is 2.20. The van der Waals surface area contributed by atoms with E-state index in [0.717, 1.165) is 17.4 Å². The van der Waals surface area contributed by atoms with Crippen molar-refractivity contribution in [3.63, 3.8) is 0 Å². The highest BCUT2D eigenvalue weighted by molar-refractivity contribution is 9.10. The van der Waals surface area contributed by atoms with Gasteiger partial charge in [-0.25, -0.2) is 0 Å². The Kier molecular flexibility index (Phi) is 5.16. The molecule has 5 heteroatoms. The summed E-state index contributed by atoms with van der Waals surface area (Å²) in [6.07, 6.45) is 0.464. The van der Waals surface area contributed by atoms with Crippen LogP contribution in [0, 0.1) is 0 Å². The minimum Gasteiger partial charge on any atom is -0.366 e. The minimum absolute atomic E-state index is 0.0331. The lowest BCUT2D eigenvalue weighted by atomic mass is 10.1. The number of benzene rings is 1. The van der Waals surface area contributed by atoms with Crippen molar-refractivity contribution in [1.29, 1.82) is 0 Å². The molecule has 2 rings (SSSR count). The van der Waals surface area contributed by atoms with Gasteiger partial charge in [0.2, 0.25) is 5.91 Å². The van der Waals surface area contributed by atoms with E-state index in [1.54, 1.807) is 0 Å². The van der Waals surface area contributed by atoms with Gasteiger partial charge in [0.15, 0.2) is 0 Å². The lowest BCUT2D eigenvalue weighted by Crippen LogP contribution is -2.48. The molecule has 1 aliphatic rings. The fourth-order valence-electron chi connectivity index (χ4n) is 1.87. The first-order chi connectivity index (χ1) is 8.77. The SMILES string of the molecule is O=C(NCCc1ccccc1Br)C1CNCCO1. The van der Waals surface area contributed by atoms with Gasteiger partial charge >= 0.3 is 0 Å². The maximum Gasteiger partial charge on any atom is 0.250 e. The van der Waals surface area contributed by atoms with Gasteiger partial charge in [-0.2, -0.15) is 0 Å². The predicted octanol–water partition coefficient (Wildman–Crippen LogP) is 1.10. The van der Waals surface area contributed by atoms with Crippen LogP contribution in [0.3, 0.4) is 0 Å². The number of ether oxygens (including phenoxy) is 1. The molecule has 4 nitrogen and oxygen atoms in total. The molecule has 1 atom stereocenters. The molecule has 0 bridgehead atoms. The molecule has 1 aliphatic heterocycles. The van der Waals surface area contributed by atoms with Crippen LogP contribution in [0.15, 0.2) is 28.7 Å². The predicted molar refractivity (Wildman–Crippen MR) is 73.5 cm³/mol. The highest BCUT2D eigenvalue weighted by Crippen LogP contribution is 2.15. The minimum atomic E-state index is -0.349. The van der Waals surface area contributed by atoms with Crippen molar-refractivity contribution in [1.82, 2.24) is 10.6 Å². The summed E-state index contributed by atoms with van der Waals surface area (Å²) < 4.78 is 6.46. The van der Waals surface area contributed by atoms with E-state index in [9.17, 15) is 4.79 Å². The molecule has 0 radical (unpaired) electrons. The average molecular weight is 313 g/mol. The van der Waals surface area contributed by atoms with Crippen LogP contribution in [0.25, 0.3) is 0 Å². The summed E-state index contributed by atoms with van der Waals surface area (Å²) in [7, 11) is 0. The van der Waals surface area contributed by atoms with Gasteiger partial charge in [-0.1, -0.05) is 34.1 Å². The van der Waals surface area contributed by atoms with Gasteiger partial charge in [0, 0.05) is 24.1 Å². The first-order valence-electron chi connectivity index (χ1n) is 6.11. The Bertz CT molecular complexity index is 406. The molecule has 1 saturated heterocycles. The van der Waals surface area contributed by atoms with Crippen LogP contribution in [-0.2, 0) is 16.0 Å². The summed E-state index contributed by atoms with van der Waals surface area (Å²) in [5.41, 5.74) is 1.19. The third-order valence-corrected chi connectivity index (χ3v) is 3.65. The third kappa shape index (κ3) is 3.80. The van der Waals surface area contributed by atoms with Crippen molar-refractivity contribution >= 4 is 21.8 Å². The van der Waals surface area contributed by atoms with Crippen molar-refractivity contribution in [2.75, 3.05) is 26.2 Å². The van der Waals surface area contributed by atoms with Gasteiger partial charge in [-0.05, 0) is 18.1 Å². The van der Waals surface area contributed by atoms with Crippen LogP contribution in [0.4, 0.5) is 0 Å². The van der Waals surface area contributed by atoms with Crippen molar-refractivity contribution in [2.24, 2.45) is 0 Å². The van der Waals surface area contributed by atoms with Crippen LogP contribution in [0.1, 0.15) is 5.56 Å². The summed E-state index contributed by atoms with van der Waals surface area (Å²) in [4.78, 5) is 11.8. The molecule has 1 aromatic rings. The van der Waals surface area contributed by atoms with E-state index < -0.39 is 0 Å². The second-order valence-electron chi connectivity index (χ2n) is 4.20. The molecule has 2 N–H and O–H groups in total. The van der Waals surface area contributed by atoms with Crippen LogP contribution in [-0.4, -0.2) is 38.3 Å². The number of halogens is 1. The van der Waals surface area contributed by atoms with Crippen LogP contribution in [0.5, 0.6) is 0 Å². The summed E-state index contributed by atoms with van der Waals surface area (Å²) in [5.74, 6) is -0.0331. The zero-order valence-electron chi connectivity index (χ0n) is 10.1. The Labute approximate surface area is 115 Å². The Balaban J connectivity index is 1.75. The number of hydrogen-bond donors (Lipinski definition) is 2. The molecule has 0 aromatic heterocycles. The standard InChI is InChI=1S/C13H17BrN2O2/c14-11-4-2-1-3-10(11)5-6-16-13(17)12-9-15-7-8-18-12/h1-4,12,15H,5-9H2,(H,16,17). The van der Waals surface area contributed by atoms with Crippen molar-refractivity contribution < 1.29 is 9.53 Å². The maximum atomic E-state index is 11.8. The van der Waals surface area contributed by atoms with Crippen LogP contribution in [0.2, 0.25) is 0 Å². The van der Waals surface area contributed by atoms with E-state index in [1.807, 2.05) is 18.2 Å². The fraction of sp³-hybridized carbons (Fsp3) is 0.462. The van der Waals surface area contributed by atoms with Gasteiger partial charge in [-0.15, -0.1) is 0 Å². The zero-order chi connectivity index (χ0) is 12.8. The molecule has 98 valence electrons. The number of rotatable bonds is 4. The third-order valence-electron chi connectivity index (χ3n) is 2.87. The fourth-order valence-corrected chi connectivity index (χ4v) is 2.35.